The monoisotopic (exact) mass is 265 g/mol. The Balaban J connectivity index is 1.92. The smallest absolute Gasteiger partial charge is 0.124 e. The van der Waals surface area contributed by atoms with Gasteiger partial charge in [-0.05, 0) is 43.9 Å². The Morgan fingerprint density at radius 2 is 2.00 bits per heavy atom. The van der Waals surface area contributed by atoms with E-state index < -0.39 is 0 Å². The largest absolute Gasteiger partial charge is 0.496 e. The van der Waals surface area contributed by atoms with Gasteiger partial charge in [0, 0.05) is 18.4 Å². The Bertz CT molecular complexity index is 408. The maximum Gasteiger partial charge on any atom is 0.124 e. The van der Waals surface area contributed by atoms with E-state index in [2.05, 4.69) is 0 Å². The summed E-state index contributed by atoms with van der Waals surface area (Å²) in [6.07, 6.45) is 4.98. The molecule has 0 bridgehead atoms. The Morgan fingerprint density at radius 3 is 2.74 bits per heavy atom. The Hall–Kier alpha value is -1.26. The predicted octanol–water partition coefficient (Wildman–Crippen LogP) is 2.75. The molecule has 1 aliphatic rings. The zero-order valence-corrected chi connectivity index (χ0v) is 11.7. The number of methoxy groups -OCH3 is 2. The van der Waals surface area contributed by atoms with Gasteiger partial charge in [-0.15, -0.1) is 0 Å². The van der Waals surface area contributed by atoms with Crippen molar-refractivity contribution in [2.45, 2.75) is 44.5 Å². The molecular formula is C15H23NO3. The molecule has 0 aromatic heterocycles. The second-order valence-corrected chi connectivity index (χ2v) is 5.03. The first-order chi connectivity index (χ1) is 9.22. The minimum Gasteiger partial charge on any atom is -0.496 e. The third kappa shape index (κ3) is 3.85. The van der Waals surface area contributed by atoms with Crippen LogP contribution in [0.4, 0.5) is 5.69 Å². The molecule has 0 heterocycles. The average molecular weight is 265 g/mol. The Kier molecular flexibility index (Phi) is 5.05. The van der Waals surface area contributed by atoms with Gasteiger partial charge < -0.3 is 19.9 Å². The highest BCUT2D eigenvalue weighted by Gasteiger charge is 2.22. The number of benzene rings is 1. The summed E-state index contributed by atoms with van der Waals surface area (Å²) in [5.74, 6) is 0.827. The van der Waals surface area contributed by atoms with Crippen molar-refractivity contribution in [2.75, 3.05) is 20.0 Å². The molecule has 1 aromatic carbocycles. The van der Waals surface area contributed by atoms with E-state index >= 15 is 0 Å². The van der Waals surface area contributed by atoms with Gasteiger partial charge in [-0.25, -0.2) is 0 Å². The van der Waals surface area contributed by atoms with Gasteiger partial charge in [0.25, 0.3) is 0 Å². The van der Waals surface area contributed by atoms with Crippen LogP contribution in [0.3, 0.4) is 0 Å². The van der Waals surface area contributed by atoms with E-state index in [-0.39, 0.29) is 6.10 Å². The molecule has 1 aliphatic carbocycles. The molecule has 0 saturated heterocycles. The van der Waals surface area contributed by atoms with Crippen molar-refractivity contribution in [1.29, 1.82) is 0 Å². The van der Waals surface area contributed by atoms with E-state index in [4.69, 9.17) is 19.9 Å². The zero-order chi connectivity index (χ0) is 13.7. The summed E-state index contributed by atoms with van der Waals surface area (Å²) in [6, 6.07) is 5.63. The molecule has 0 spiro atoms. The summed E-state index contributed by atoms with van der Waals surface area (Å²) in [5, 5.41) is 0. The summed E-state index contributed by atoms with van der Waals surface area (Å²) in [6.45, 7) is 0.537. The van der Waals surface area contributed by atoms with E-state index in [1.165, 1.54) is 0 Å². The van der Waals surface area contributed by atoms with Gasteiger partial charge in [0.2, 0.25) is 0 Å². The van der Waals surface area contributed by atoms with Crippen LogP contribution in [0.25, 0.3) is 0 Å². The molecule has 2 N–H and O–H groups in total. The number of nitrogen functional groups attached to an aromatic ring is 1. The van der Waals surface area contributed by atoms with Gasteiger partial charge in [-0.3, -0.25) is 0 Å². The van der Waals surface area contributed by atoms with E-state index in [1.807, 2.05) is 18.2 Å². The fourth-order valence-electron chi connectivity index (χ4n) is 2.59. The maximum absolute atomic E-state index is 5.98. The second-order valence-electron chi connectivity index (χ2n) is 5.03. The Morgan fingerprint density at radius 1 is 1.21 bits per heavy atom. The van der Waals surface area contributed by atoms with Gasteiger partial charge in [0.15, 0.2) is 0 Å². The minimum atomic E-state index is 0.268. The molecule has 0 radical (unpaired) electrons. The summed E-state index contributed by atoms with van der Waals surface area (Å²) in [5.41, 5.74) is 7.54. The highest BCUT2D eigenvalue weighted by molar-refractivity contribution is 5.47. The second kappa shape index (κ2) is 6.78. The number of anilines is 1. The Labute approximate surface area is 114 Å². The average Bonchev–Trinajstić information content (AvgIpc) is 2.45. The number of hydrogen-bond donors (Lipinski definition) is 1. The highest BCUT2D eigenvalue weighted by atomic mass is 16.5. The van der Waals surface area contributed by atoms with Gasteiger partial charge in [0.1, 0.15) is 5.75 Å². The van der Waals surface area contributed by atoms with Crippen molar-refractivity contribution >= 4 is 5.69 Å². The molecule has 19 heavy (non-hydrogen) atoms. The molecule has 2 atom stereocenters. The highest BCUT2D eigenvalue weighted by Crippen LogP contribution is 2.26. The van der Waals surface area contributed by atoms with Gasteiger partial charge in [-0.1, -0.05) is 0 Å². The SMILES string of the molecule is COc1ccc(N)cc1COC1CCCC(OC)C1. The number of hydrogen-bond acceptors (Lipinski definition) is 4. The number of nitrogens with two attached hydrogens (primary N) is 1. The van der Waals surface area contributed by atoms with Gasteiger partial charge >= 0.3 is 0 Å². The first-order valence-electron chi connectivity index (χ1n) is 6.79. The third-order valence-corrected chi connectivity index (χ3v) is 3.69. The lowest BCUT2D eigenvalue weighted by atomic mass is 9.95. The third-order valence-electron chi connectivity index (χ3n) is 3.69. The standard InChI is InChI=1S/C15H23NO3/c1-17-13-4-3-5-14(9-13)19-10-11-8-12(16)6-7-15(11)18-2/h6-8,13-14H,3-5,9-10,16H2,1-2H3. The first kappa shape index (κ1) is 14.2. The fraction of sp³-hybridized carbons (Fsp3) is 0.600. The molecule has 4 heteroatoms. The van der Waals surface area contributed by atoms with Crippen molar-refractivity contribution in [3.63, 3.8) is 0 Å². The van der Waals surface area contributed by atoms with Crippen LogP contribution in [0.1, 0.15) is 31.2 Å². The predicted molar refractivity (Wildman–Crippen MR) is 75.2 cm³/mol. The molecule has 106 valence electrons. The molecule has 1 saturated carbocycles. The van der Waals surface area contributed by atoms with Gasteiger partial charge in [-0.2, -0.15) is 0 Å². The van der Waals surface area contributed by atoms with Crippen LogP contribution in [0.15, 0.2) is 18.2 Å². The van der Waals surface area contributed by atoms with Crippen LogP contribution in [0.2, 0.25) is 0 Å². The van der Waals surface area contributed by atoms with Crippen LogP contribution in [-0.4, -0.2) is 26.4 Å². The molecule has 1 aromatic rings. The zero-order valence-electron chi connectivity index (χ0n) is 11.7. The lowest BCUT2D eigenvalue weighted by Crippen LogP contribution is -2.27. The molecular weight excluding hydrogens is 242 g/mol. The summed E-state index contributed by atoms with van der Waals surface area (Å²) < 4.78 is 16.7. The van der Waals surface area contributed by atoms with Crippen LogP contribution < -0.4 is 10.5 Å². The summed E-state index contributed by atoms with van der Waals surface area (Å²) in [7, 11) is 3.44. The molecule has 0 amide bonds. The molecule has 1 fully saturated rings. The van der Waals surface area contributed by atoms with Crippen molar-refractivity contribution in [1.82, 2.24) is 0 Å². The molecule has 2 unspecified atom stereocenters. The topological polar surface area (TPSA) is 53.7 Å². The van der Waals surface area contributed by atoms with Crippen LogP contribution in [-0.2, 0) is 16.1 Å². The van der Waals surface area contributed by atoms with E-state index in [0.29, 0.717) is 12.7 Å². The van der Waals surface area contributed by atoms with Crippen molar-refractivity contribution in [3.8, 4) is 5.75 Å². The van der Waals surface area contributed by atoms with Crippen molar-refractivity contribution in [2.24, 2.45) is 0 Å². The first-order valence-corrected chi connectivity index (χ1v) is 6.79. The van der Waals surface area contributed by atoms with E-state index in [0.717, 1.165) is 42.7 Å². The minimum absolute atomic E-state index is 0.268. The summed E-state index contributed by atoms with van der Waals surface area (Å²) >= 11 is 0. The van der Waals surface area contributed by atoms with Crippen LogP contribution in [0.5, 0.6) is 5.75 Å². The van der Waals surface area contributed by atoms with Gasteiger partial charge in [0.05, 0.1) is 25.9 Å². The maximum atomic E-state index is 5.98. The quantitative estimate of drug-likeness (QED) is 0.832. The number of ether oxygens (including phenoxy) is 3. The van der Waals surface area contributed by atoms with E-state index in [1.54, 1.807) is 14.2 Å². The summed E-state index contributed by atoms with van der Waals surface area (Å²) in [4.78, 5) is 0. The molecule has 0 aliphatic heterocycles. The lowest BCUT2D eigenvalue weighted by Gasteiger charge is -2.28. The fourth-order valence-corrected chi connectivity index (χ4v) is 2.59. The molecule has 4 nitrogen and oxygen atoms in total. The normalized spacial score (nSPS) is 23.3. The lowest BCUT2D eigenvalue weighted by molar-refractivity contribution is -0.0367. The van der Waals surface area contributed by atoms with E-state index in [9.17, 15) is 0 Å². The van der Waals surface area contributed by atoms with Crippen LogP contribution >= 0.6 is 0 Å². The molecule has 2 rings (SSSR count). The van der Waals surface area contributed by atoms with Crippen molar-refractivity contribution < 1.29 is 14.2 Å². The number of rotatable bonds is 5. The van der Waals surface area contributed by atoms with Crippen molar-refractivity contribution in [3.05, 3.63) is 23.8 Å². The van der Waals surface area contributed by atoms with Crippen LogP contribution in [0, 0.1) is 0 Å².